The molecule has 0 atom stereocenters. The van der Waals surface area contributed by atoms with Crippen LogP contribution in [0.3, 0.4) is 0 Å². The summed E-state index contributed by atoms with van der Waals surface area (Å²) in [5.41, 5.74) is 3.58. The number of carbonyl (C=O) groups is 1. The van der Waals surface area contributed by atoms with Gasteiger partial charge in [0, 0.05) is 12.6 Å². The Kier molecular flexibility index (Phi) is 3.34. The molecule has 19 heavy (non-hydrogen) atoms. The van der Waals surface area contributed by atoms with E-state index in [2.05, 4.69) is 5.10 Å². The molecule has 0 aliphatic carbocycles. The summed E-state index contributed by atoms with van der Waals surface area (Å²) in [7, 11) is 1.56. The Morgan fingerprint density at radius 3 is 2.53 bits per heavy atom. The molecule has 0 bridgehead atoms. The molecule has 4 heteroatoms. The third-order valence-corrected chi connectivity index (χ3v) is 3.11. The van der Waals surface area contributed by atoms with Crippen LogP contribution in [-0.2, 0) is 7.05 Å². The monoisotopic (exact) mass is 256 g/mol. The van der Waals surface area contributed by atoms with E-state index in [1.165, 1.54) is 11.6 Å². The van der Waals surface area contributed by atoms with Crippen LogP contribution in [0, 0.1) is 13.8 Å². The van der Waals surface area contributed by atoms with Crippen molar-refractivity contribution < 1.29 is 4.79 Å². The average molecular weight is 256 g/mol. The molecule has 1 heterocycles. The average Bonchev–Trinajstić information content (AvgIpc) is 2.35. The van der Waals surface area contributed by atoms with Gasteiger partial charge in [0.05, 0.1) is 11.3 Å². The number of Topliss-reactive ketones (excluding diaryl/α,β-unsaturated/α-hetero) is 1. The van der Waals surface area contributed by atoms with Gasteiger partial charge in [-0.15, -0.1) is 0 Å². The minimum atomic E-state index is -0.360. The number of nitrogens with zero attached hydrogens (tertiary/aromatic N) is 2. The van der Waals surface area contributed by atoms with Gasteiger partial charge < -0.3 is 0 Å². The molecule has 2 aromatic rings. The predicted octanol–water partition coefficient (Wildman–Crippen LogP) is 2.27. The lowest BCUT2D eigenvalue weighted by molar-refractivity contribution is 0.101. The first-order valence-corrected chi connectivity index (χ1v) is 6.07. The van der Waals surface area contributed by atoms with E-state index >= 15 is 0 Å². The highest BCUT2D eigenvalue weighted by Gasteiger charge is 2.12. The van der Waals surface area contributed by atoms with Gasteiger partial charge in [0.15, 0.2) is 5.78 Å². The molecule has 0 amide bonds. The maximum atomic E-state index is 11.8. The van der Waals surface area contributed by atoms with Crippen LogP contribution in [0.1, 0.15) is 28.4 Å². The van der Waals surface area contributed by atoms with Gasteiger partial charge in [0.2, 0.25) is 0 Å². The molecule has 1 aromatic carbocycles. The van der Waals surface area contributed by atoms with Crippen LogP contribution < -0.4 is 5.56 Å². The molecule has 0 aliphatic heterocycles. The molecule has 0 spiro atoms. The molecule has 0 saturated carbocycles. The van der Waals surface area contributed by atoms with E-state index in [1.807, 2.05) is 32.0 Å². The highest BCUT2D eigenvalue weighted by Crippen LogP contribution is 2.22. The molecule has 0 saturated heterocycles. The summed E-state index contributed by atoms with van der Waals surface area (Å²) in [6.07, 6.45) is 0. The Morgan fingerprint density at radius 2 is 1.89 bits per heavy atom. The fourth-order valence-corrected chi connectivity index (χ4v) is 2.00. The van der Waals surface area contributed by atoms with E-state index in [0.717, 1.165) is 16.7 Å². The van der Waals surface area contributed by atoms with Gasteiger partial charge >= 0.3 is 0 Å². The normalized spacial score (nSPS) is 10.5. The number of benzene rings is 1. The first kappa shape index (κ1) is 13.2. The summed E-state index contributed by atoms with van der Waals surface area (Å²) in [4.78, 5) is 23.3. The first-order valence-electron chi connectivity index (χ1n) is 6.07. The second kappa shape index (κ2) is 4.80. The fraction of sp³-hybridized carbons (Fsp3) is 0.267. The molecule has 0 fully saturated rings. The number of hydrogen-bond acceptors (Lipinski definition) is 3. The van der Waals surface area contributed by atoms with Crippen LogP contribution in [0.2, 0.25) is 0 Å². The van der Waals surface area contributed by atoms with Crippen LogP contribution in [0.15, 0.2) is 29.1 Å². The lowest BCUT2D eigenvalue weighted by Gasteiger charge is -2.09. The van der Waals surface area contributed by atoms with Crippen molar-refractivity contribution in [2.45, 2.75) is 20.8 Å². The SMILES string of the molecule is CC(=O)c1cc(-c2cc(C)ccc2C)nn(C)c1=O. The molecule has 4 nitrogen and oxygen atoms in total. The van der Waals surface area contributed by atoms with Gasteiger partial charge in [0.25, 0.3) is 5.56 Å². The van der Waals surface area contributed by atoms with E-state index in [1.54, 1.807) is 13.1 Å². The van der Waals surface area contributed by atoms with Crippen LogP contribution >= 0.6 is 0 Å². The molecular formula is C15H16N2O2. The topological polar surface area (TPSA) is 52.0 Å². The lowest BCUT2D eigenvalue weighted by Crippen LogP contribution is -2.25. The number of carbonyl (C=O) groups excluding carboxylic acids is 1. The molecule has 98 valence electrons. The first-order chi connectivity index (χ1) is 8.90. The number of aromatic nitrogens is 2. The van der Waals surface area contributed by atoms with Crippen molar-refractivity contribution in [3.05, 3.63) is 51.3 Å². The minimum absolute atomic E-state index is 0.174. The number of hydrogen-bond donors (Lipinski definition) is 0. The Hall–Kier alpha value is -2.23. The third kappa shape index (κ3) is 2.47. The van der Waals surface area contributed by atoms with Crippen molar-refractivity contribution in [1.29, 1.82) is 0 Å². The number of aryl methyl sites for hydroxylation is 3. The Labute approximate surface area is 111 Å². The largest absolute Gasteiger partial charge is 0.294 e. The van der Waals surface area contributed by atoms with Crippen LogP contribution in [0.5, 0.6) is 0 Å². The summed E-state index contributed by atoms with van der Waals surface area (Å²) >= 11 is 0. The predicted molar refractivity (Wildman–Crippen MR) is 74.4 cm³/mol. The minimum Gasteiger partial charge on any atom is -0.294 e. The molecule has 0 radical (unpaired) electrons. The zero-order chi connectivity index (χ0) is 14.2. The van der Waals surface area contributed by atoms with Crippen molar-refractivity contribution in [1.82, 2.24) is 9.78 Å². The van der Waals surface area contributed by atoms with Gasteiger partial charge in [0.1, 0.15) is 0 Å². The van der Waals surface area contributed by atoms with Crippen molar-refractivity contribution >= 4 is 5.78 Å². The Morgan fingerprint density at radius 1 is 1.21 bits per heavy atom. The fourth-order valence-electron chi connectivity index (χ4n) is 2.00. The van der Waals surface area contributed by atoms with Gasteiger partial charge in [-0.25, -0.2) is 4.68 Å². The summed E-state index contributed by atoms with van der Waals surface area (Å²) in [5.74, 6) is -0.241. The van der Waals surface area contributed by atoms with Gasteiger partial charge in [-0.1, -0.05) is 17.7 Å². The summed E-state index contributed by atoms with van der Waals surface area (Å²) < 4.78 is 1.22. The maximum absolute atomic E-state index is 11.8. The highest BCUT2D eigenvalue weighted by atomic mass is 16.1. The smallest absolute Gasteiger partial charge is 0.277 e. The number of rotatable bonds is 2. The quantitative estimate of drug-likeness (QED) is 0.774. The van der Waals surface area contributed by atoms with Crippen molar-refractivity contribution in [2.24, 2.45) is 7.05 Å². The molecule has 0 N–H and O–H groups in total. The van der Waals surface area contributed by atoms with E-state index in [9.17, 15) is 9.59 Å². The van der Waals surface area contributed by atoms with Gasteiger partial charge in [-0.05, 0) is 38.5 Å². The second-order valence-electron chi connectivity index (χ2n) is 4.75. The van der Waals surface area contributed by atoms with Crippen molar-refractivity contribution in [2.75, 3.05) is 0 Å². The number of ketones is 1. The summed E-state index contributed by atoms with van der Waals surface area (Å²) in [6.45, 7) is 5.37. The zero-order valence-electron chi connectivity index (χ0n) is 11.5. The van der Waals surface area contributed by atoms with E-state index < -0.39 is 0 Å². The highest BCUT2D eigenvalue weighted by molar-refractivity contribution is 5.94. The standard InChI is InChI=1S/C15H16N2O2/c1-9-5-6-10(2)12(7-9)14-8-13(11(3)18)15(19)17(4)16-14/h5-8H,1-4H3. The zero-order valence-corrected chi connectivity index (χ0v) is 11.5. The lowest BCUT2D eigenvalue weighted by atomic mass is 10.0. The van der Waals surface area contributed by atoms with E-state index in [-0.39, 0.29) is 16.9 Å². The summed E-state index contributed by atoms with van der Waals surface area (Å²) in [6, 6.07) is 7.61. The molecule has 2 rings (SSSR count). The van der Waals surface area contributed by atoms with E-state index in [0.29, 0.717) is 5.69 Å². The maximum Gasteiger partial charge on any atom is 0.277 e. The molecular weight excluding hydrogens is 240 g/mol. The second-order valence-corrected chi connectivity index (χ2v) is 4.75. The third-order valence-electron chi connectivity index (χ3n) is 3.11. The molecule has 0 aliphatic rings. The van der Waals surface area contributed by atoms with Crippen LogP contribution in [0.25, 0.3) is 11.3 Å². The Bertz CT molecular complexity index is 715. The van der Waals surface area contributed by atoms with Gasteiger partial charge in [-0.2, -0.15) is 5.10 Å². The van der Waals surface area contributed by atoms with Gasteiger partial charge in [-0.3, -0.25) is 9.59 Å². The van der Waals surface area contributed by atoms with Crippen LogP contribution in [-0.4, -0.2) is 15.6 Å². The Balaban J connectivity index is 2.73. The van der Waals surface area contributed by atoms with Crippen LogP contribution in [0.4, 0.5) is 0 Å². The van der Waals surface area contributed by atoms with E-state index in [4.69, 9.17) is 0 Å². The molecule has 1 aromatic heterocycles. The molecule has 0 unspecified atom stereocenters. The summed E-state index contributed by atoms with van der Waals surface area (Å²) in [5, 5.41) is 4.24. The van der Waals surface area contributed by atoms with Crippen molar-refractivity contribution in [3.63, 3.8) is 0 Å². The van der Waals surface area contributed by atoms with Crippen molar-refractivity contribution in [3.8, 4) is 11.3 Å².